The molecule has 10 aliphatic heterocycles. The summed E-state index contributed by atoms with van der Waals surface area (Å²) < 4.78 is 1.24. The van der Waals surface area contributed by atoms with Crippen molar-refractivity contribution in [1.82, 2.24) is 0 Å². The number of hydrogen-bond acceptors (Lipinski definition) is 0. The number of rotatable bonds is 2. The molecule has 0 N–H and O–H groups in total. The fourth-order valence-corrected chi connectivity index (χ4v) is 99.4. The first-order valence-electron chi connectivity index (χ1n) is 7.47. The van der Waals surface area contributed by atoms with Gasteiger partial charge in [-0.3, -0.25) is 0 Å². The summed E-state index contributed by atoms with van der Waals surface area (Å²) in [7, 11) is -0.782. The molecule has 10 saturated heterocycles. The molecule has 0 aromatic carbocycles. The Morgan fingerprint density at radius 2 is 1.25 bits per heavy atom. The Hall–Kier alpha value is 0.736. The van der Waals surface area contributed by atoms with Crippen LogP contribution in [-0.2, 0) is 6.51 Å². The molecule has 0 nitrogen and oxygen atoms in total. The summed E-state index contributed by atoms with van der Waals surface area (Å²) in [4.78, 5) is 14.0. The van der Waals surface area contributed by atoms with Crippen LogP contribution in [0.5, 0.6) is 0 Å². The van der Waals surface area contributed by atoms with Gasteiger partial charge in [-0.1, -0.05) is 0 Å². The van der Waals surface area contributed by atoms with E-state index in [4.69, 9.17) is 0 Å². The number of fused-ring (bicyclic) bond motifs is 10. The molecule has 0 amide bonds. The third-order valence-corrected chi connectivity index (χ3v) is 60.7. The molecule has 2 heteroatoms. The molecule has 10 heterocycles. The molecule has 0 aliphatic carbocycles. The van der Waals surface area contributed by atoms with Gasteiger partial charge >= 0.3 is 87.9 Å². The van der Waals surface area contributed by atoms with E-state index in [0.29, 0.717) is 0 Å². The van der Waals surface area contributed by atoms with Crippen LogP contribution in [-0.4, -0.2) is 8.07 Å². The van der Waals surface area contributed by atoms with E-state index < -0.39 is 14.6 Å². The van der Waals surface area contributed by atoms with Gasteiger partial charge < -0.3 is 0 Å². The standard InChI is InChI=1S/C9H15Si.C5H5.Fe/c1-10(2,3)8-9-6-4-5-7-9;1-2-4-5-3-1;/h4-7H,8H2,1-3H3;1-5H;. The van der Waals surface area contributed by atoms with Crippen LogP contribution in [0.25, 0.3) is 0 Å². The first kappa shape index (κ1) is 6.26. The van der Waals surface area contributed by atoms with Crippen LogP contribution < -0.4 is 0 Å². The van der Waals surface area contributed by atoms with E-state index in [1.807, 2.05) is 6.04 Å². The molecule has 0 bridgehead atoms. The van der Waals surface area contributed by atoms with Crippen LogP contribution in [0.4, 0.5) is 0 Å². The van der Waals surface area contributed by atoms with Crippen LogP contribution in [0.2, 0.25) is 73.3 Å². The minimum atomic E-state index is -2.62. The zero-order chi connectivity index (χ0) is 10.2. The fraction of sp³-hybridized carbons (Fsp3) is 1.00. The summed E-state index contributed by atoms with van der Waals surface area (Å²) in [6, 6.07) is 1.84. The van der Waals surface area contributed by atoms with Gasteiger partial charge in [0.1, 0.15) is 0 Å². The maximum atomic E-state index is 2.68. The van der Waals surface area contributed by atoms with Crippen LogP contribution in [0, 0.1) is 0 Å². The number of hydrogen-bond donors (Lipinski definition) is 0. The van der Waals surface area contributed by atoms with E-state index in [-0.39, 0.29) is 0 Å². The van der Waals surface area contributed by atoms with Crippen molar-refractivity contribution in [1.29, 1.82) is 0 Å². The van der Waals surface area contributed by atoms with E-state index in [2.05, 4.69) is 19.6 Å². The normalized spacial score (nSPS) is 127. The van der Waals surface area contributed by atoms with Crippen molar-refractivity contribution < 1.29 is 6.51 Å². The second-order valence-corrected chi connectivity index (χ2v) is 41.7. The Morgan fingerprint density at radius 1 is 0.812 bits per heavy atom. The van der Waals surface area contributed by atoms with Crippen LogP contribution in [0.1, 0.15) is 0 Å². The molecule has 1 spiro atoms. The van der Waals surface area contributed by atoms with E-state index in [9.17, 15) is 0 Å². The third kappa shape index (κ3) is 0.0576. The van der Waals surface area contributed by atoms with Crippen LogP contribution in [0.3, 0.4) is 0 Å². The van der Waals surface area contributed by atoms with E-state index in [0.717, 1.165) is 0 Å². The summed E-state index contributed by atoms with van der Waals surface area (Å²) in [5.74, 6) is 0. The zero-order valence-corrected chi connectivity index (χ0v) is 12.4. The Morgan fingerprint density at radius 3 is 1.44 bits per heavy atom. The topological polar surface area (TPSA) is 0 Å². The van der Waals surface area contributed by atoms with Gasteiger partial charge in [0.15, 0.2) is 0 Å². The fourth-order valence-electron chi connectivity index (χ4n) is 17.9. The van der Waals surface area contributed by atoms with Crippen molar-refractivity contribution in [2.45, 2.75) is 73.3 Å². The van der Waals surface area contributed by atoms with Gasteiger partial charge in [0.2, 0.25) is 0 Å². The summed E-state index contributed by atoms with van der Waals surface area (Å²) in [6.45, 7) is 5.41. The van der Waals surface area contributed by atoms with Crippen molar-refractivity contribution in [3.8, 4) is 0 Å². The summed E-state index contributed by atoms with van der Waals surface area (Å²) in [6.07, 6.45) is 0. The average Bonchev–Trinajstić information content (AvgIpc) is 3.10. The summed E-state index contributed by atoms with van der Waals surface area (Å²) >= 11 is 0. The van der Waals surface area contributed by atoms with Crippen molar-refractivity contribution in [2.75, 3.05) is 0 Å². The Labute approximate surface area is 87.8 Å². The van der Waals surface area contributed by atoms with Gasteiger partial charge in [-0.2, -0.15) is 0 Å². The predicted octanol–water partition coefficient (Wildman–Crippen LogP) is 5.08. The monoisotopic (exact) mass is 272 g/mol. The van der Waals surface area contributed by atoms with Crippen molar-refractivity contribution >= 4 is 8.07 Å². The SMILES string of the molecule is C[Si](C)(C)C[C]12[CH]3[CH]4[CH]5[CH]1[Fe]45321678[CH]2[CH]1[CH]6[CH]7[CH]28. The Bertz CT molecular complexity index is 855. The minimum absolute atomic E-state index is 0.782. The van der Waals surface area contributed by atoms with Crippen molar-refractivity contribution in [3.63, 3.8) is 0 Å². The van der Waals surface area contributed by atoms with Crippen molar-refractivity contribution in [2.24, 2.45) is 0 Å². The molecule has 0 aromatic heterocycles. The Balaban J connectivity index is 1.61. The molecular weight excluding hydrogens is 252 g/mol. The Kier molecular flexibility index (Phi) is 0.182. The first-order valence-corrected chi connectivity index (χ1v) is 17.5. The van der Waals surface area contributed by atoms with Gasteiger partial charge in [-0.05, 0) is 0 Å². The van der Waals surface area contributed by atoms with E-state index in [1.54, 1.807) is 43.3 Å². The second-order valence-electron chi connectivity index (χ2n) is 12.6. The second kappa shape index (κ2) is 0.465. The average molecular weight is 272 g/mol. The van der Waals surface area contributed by atoms with Crippen LogP contribution >= 0.6 is 0 Å². The molecular formula is C14H20FeSi. The molecule has 16 heavy (non-hydrogen) atoms. The van der Waals surface area contributed by atoms with Gasteiger partial charge in [0.05, 0.1) is 0 Å². The van der Waals surface area contributed by atoms with Crippen molar-refractivity contribution in [3.05, 3.63) is 0 Å². The molecule has 88 valence electrons. The van der Waals surface area contributed by atoms with Crippen LogP contribution in [0.15, 0.2) is 0 Å². The van der Waals surface area contributed by atoms with Gasteiger partial charge in [0.25, 0.3) is 0 Å². The maximum absolute atomic E-state index is 2.68. The molecule has 0 aromatic rings. The predicted molar refractivity (Wildman–Crippen MR) is 64.6 cm³/mol. The summed E-state index contributed by atoms with van der Waals surface area (Å²) in [5.41, 5.74) is 0. The summed E-state index contributed by atoms with van der Waals surface area (Å²) in [5, 5.41) is 0. The quantitative estimate of drug-likeness (QED) is 0.615. The zero-order valence-electron chi connectivity index (χ0n) is 10.3. The van der Waals surface area contributed by atoms with E-state index >= 15 is 0 Å². The van der Waals surface area contributed by atoms with Gasteiger partial charge in [0, 0.05) is 0 Å². The molecule has 10 aliphatic rings. The van der Waals surface area contributed by atoms with Gasteiger partial charge in [-0.15, -0.1) is 0 Å². The third-order valence-electron chi connectivity index (χ3n) is 15.8. The molecule has 10 fully saturated rings. The molecule has 10 rings (SSSR count). The first-order chi connectivity index (χ1) is 7.25. The van der Waals surface area contributed by atoms with E-state index in [1.165, 1.54) is 4.31 Å². The molecule has 4 atom stereocenters. The molecule has 0 saturated carbocycles. The molecule has 0 radical (unpaired) electrons. The molecule has 4 unspecified atom stereocenters. The van der Waals surface area contributed by atoms with Gasteiger partial charge in [-0.25, -0.2) is 0 Å².